The Bertz CT molecular complexity index is 1180. The summed E-state index contributed by atoms with van der Waals surface area (Å²) in [6.07, 6.45) is 4.38. The fourth-order valence-corrected chi connectivity index (χ4v) is 4.89. The van der Waals surface area contributed by atoms with Crippen LogP contribution in [0.25, 0.3) is 0 Å². The number of rotatable bonds is 5. The highest BCUT2D eigenvalue weighted by atomic mass is 16.6. The second kappa shape index (κ2) is 15.5. The number of nitrogens with zero attached hydrogens (tertiary/aromatic N) is 1. The number of hydrogen-bond acceptors (Lipinski definition) is 9. The monoisotopic (exact) mass is 574 g/mol. The van der Waals surface area contributed by atoms with E-state index in [9.17, 15) is 19.5 Å². The first-order valence-electron chi connectivity index (χ1n) is 13.3. The van der Waals surface area contributed by atoms with Crippen molar-refractivity contribution in [1.82, 2.24) is 0 Å². The topological polar surface area (TPSA) is 156 Å². The minimum Gasteiger partial charge on any atom is -0.494 e. The quantitative estimate of drug-likeness (QED) is 0.371. The zero-order valence-corrected chi connectivity index (χ0v) is 25.0. The number of allylic oxidation sites excluding steroid dienone is 4. The summed E-state index contributed by atoms with van der Waals surface area (Å²) in [7, 11) is 5.74. The molecule has 0 fully saturated rings. The molecular weight excluding hydrogens is 532 g/mol. The number of aliphatic imine (C=N–C) groups is 1. The molecule has 11 heteroatoms. The van der Waals surface area contributed by atoms with Crippen LogP contribution in [0, 0.1) is 11.8 Å². The van der Waals surface area contributed by atoms with Gasteiger partial charge in [-0.15, -0.1) is 0 Å². The molecule has 0 saturated carbocycles. The van der Waals surface area contributed by atoms with Crippen LogP contribution in [-0.4, -0.2) is 81.5 Å². The van der Waals surface area contributed by atoms with Gasteiger partial charge in [-0.05, 0) is 38.2 Å². The molecule has 0 saturated heterocycles. The first-order valence-corrected chi connectivity index (χ1v) is 13.3. The van der Waals surface area contributed by atoms with Crippen molar-refractivity contribution in [2.24, 2.45) is 22.6 Å². The average Bonchev–Trinajstić information content (AvgIpc) is 2.93. The lowest BCUT2D eigenvalue weighted by Crippen LogP contribution is -2.37. The summed E-state index contributed by atoms with van der Waals surface area (Å²) in [6, 6.07) is 0. The second-order valence-electron chi connectivity index (χ2n) is 10.2. The van der Waals surface area contributed by atoms with E-state index in [-0.39, 0.29) is 40.9 Å². The van der Waals surface area contributed by atoms with Gasteiger partial charge in [0.15, 0.2) is 17.6 Å². The molecule has 1 unspecified atom stereocenters. The van der Waals surface area contributed by atoms with Crippen molar-refractivity contribution >= 4 is 23.5 Å². The molecule has 2 amide bonds. The maximum Gasteiger partial charge on any atom is 0.405 e. The van der Waals surface area contributed by atoms with Gasteiger partial charge in [0.2, 0.25) is 5.78 Å². The van der Waals surface area contributed by atoms with Gasteiger partial charge < -0.3 is 34.5 Å². The van der Waals surface area contributed by atoms with E-state index in [0.29, 0.717) is 17.6 Å². The van der Waals surface area contributed by atoms with E-state index in [1.54, 1.807) is 32.1 Å². The molecular formula is C30H42N2O9. The van der Waals surface area contributed by atoms with Crippen LogP contribution in [0.3, 0.4) is 0 Å². The molecule has 0 aromatic rings. The number of carbonyl (C=O) groups excluding carboxylic acids is 3. The van der Waals surface area contributed by atoms with Crippen molar-refractivity contribution in [1.29, 1.82) is 0 Å². The van der Waals surface area contributed by atoms with Crippen LogP contribution < -0.4 is 5.73 Å². The number of ether oxygens (including phenoxy) is 5. The standard InChI is InChI=1S/C30H42N2O9/c1-16-12-20-26(34)24(39-7)15-21(28(20)40-8)32-29(35)17(2)10-9-11-22(37-5)27(41-30(31)36)19(4)14-18(3)25(33)23(13-16)38-6/h9-11,14-16,18,22-23,25,27,33H,12-13H2,1-8H3,(H2,31,36)/b11-9-,17-10+,19-14+,32-21?/t16-,18+,22?,23+,25-,27+/m1/s1. The lowest BCUT2D eigenvalue weighted by molar-refractivity contribution is -0.116. The molecule has 1 aliphatic carbocycles. The van der Waals surface area contributed by atoms with Crippen molar-refractivity contribution in [3.05, 3.63) is 58.6 Å². The van der Waals surface area contributed by atoms with Gasteiger partial charge in [-0.1, -0.05) is 38.2 Å². The Balaban J connectivity index is 2.71. The fraction of sp³-hybridized carbons (Fsp3) is 0.533. The molecule has 2 rings (SSSR count). The Hall–Kier alpha value is -3.54. The summed E-state index contributed by atoms with van der Waals surface area (Å²) >= 11 is 0. The molecule has 3 N–H and O–H groups in total. The third-order valence-electron chi connectivity index (χ3n) is 7.10. The summed E-state index contributed by atoms with van der Waals surface area (Å²) < 4.78 is 27.5. The first kappa shape index (κ1) is 33.7. The average molecular weight is 575 g/mol. The summed E-state index contributed by atoms with van der Waals surface area (Å²) in [4.78, 5) is 42.2. The highest BCUT2D eigenvalue weighted by Gasteiger charge is 2.33. The summed E-state index contributed by atoms with van der Waals surface area (Å²) in [5.74, 6) is -1.27. The first-order chi connectivity index (χ1) is 19.4. The van der Waals surface area contributed by atoms with Gasteiger partial charge in [-0.3, -0.25) is 9.59 Å². The van der Waals surface area contributed by atoms with Crippen molar-refractivity contribution < 1.29 is 43.2 Å². The van der Waals surface area contributed by atoms with Gasteiger partial charge in [0.05, 0.1) is 26.4 Å². The van der Waals surface area contributed by atoms with Crippen LogP contribution in [-0.2, 0) is 33.3 Å². The predicted molar refractivity (Wildman–Crippen MR) is 153 cm³/mol. The minimum atomic E-state index is -0.988. The van der Waals surface area contributed by atoms with E-state index in [4.69, 9.17) is 29.4 Å². The van der Waals surface area contributed by atoms with Gasteiger partial charge in [0, 0.05) is 37.4 Å². The van der Waals surface area contributed by atoms with E-state index in [1.165, 1.54) is 40.6 Å². The molecule has 0 aromatic carbocycles. The zero-order chi connectivity index (χ0) is 30.9. The minimum absolute atomic E-state index is 0.0351. The molecule has 11 nitrogen and oxygen atoms in total. The lowest BCUT2D eigenvalue weighted by atomic mass is 9.85. The van der Waals surface area contributed by atoms with Crippen LogP contribution in [0.1, 0.15) is 40.5 Å². The van der Waals surface area contributed by atoms with E-state index >= 15 is 0 Å². The maximum atomic E-state index is 13.2. The van der Waals surface area contributed by atoms with Crippen molar-refractivity contribution in [3.63, 3.8) is 0 Å². The molecule has 41 heavy (non-hydrogen) atoms. The van der Waals surface area contributed by atoms with E-state index in [2.05, 4.69) is 4.99 Å². The molecule has 1 heterocycles. The van der Waals surface area contributed by atoms with Gasteiger partial charge >= 0.3 is 6.09 Å². The van der Waals surface area contributed by atoms with E-state index in [1.807, 2.05) is 13.8 Å². The Kier molecular flexibility index (Phi) is 12.7. The largest absolute Gasteiger partial charge is 0.494 e. The highest BCUT2D eigenvalue weighted by Crippen LogP contribution is 2.30. The molecule has 0 radical (unpaired) electrons. The second-order valence-corrected chi connectivity index (χ2v) is 10.2. The Labute approximate surface area is 241 Å². The SMILES string of the molecule is COC1=CC2=NC(=O)/C(C)=C/C=C\C(OC)[C@@H](OC(N)=O)/C(C)=C/[C@H](C)[C@@H](O)[C@@H](OC)C[C@H](C)CC(=C2OC)C1=O. The van der Waals surface area contributed by atoms with E-state index in [0.717, 1.165) is 0 Å². The third kappa shape index (κ3) is 8.72. The summed E-state index contributed by atoms with van der Waals surface area (Å²) in [5.41, 5.74) is 6.70. The number of Topliss-reactive ketones (excluding diaryl/α,β-unsaturated/α-hetero) is 1. The zero-order valence-electron chi connectivity index (χ0n) is 25.0. The molecule has 6 atom stereocenters. The number of aliphatic hydroxyl groups excluding tert-OH is 1. The number of amides is 2. The normalized spacial score (nSPS) is 32.1. The summed E-state index contributed by atoms with van der Waals surface area (Å²) in [5, 5.41) is 11.2. The van der Waals surface area contributed by atoms with Gasteiger partial charge in [-0.2, -0.15) is 0 Å². The molecule has 2 aliphatic rings. The van der Waals surface area contributed by atoms with E-state index < -0.39 is 42.3 Å². The Morgan fingerprint density at radius 2 is 1.76 bits per heavy atom. The smallest absolute Gasteiger partial charge is 0.405 e. The van der Waals surface area contributed by atoms with Crippen molar-refractivity contribution in [3.8, 4) is 0 Å². The number of hydrogen-bond donors (Lipinski definition) is 2. The van der Waals surface area contributed by atoms with Crippen LogP contribution in [0.5, 0.6) is 0 Å². The number of methoxy groups -OCH3 is 4. The number of primary amides is 1. The fourth-order valence-electron chi connectivity index (χ4n) is 4.89. The van der Waals surface area contributed by atoms with Crippen LogP contribution in [0.15, 0.2) is 63.6 Å². The molecule has 1 aliphatic heterocycles. The van der Waals surface area contributed by atoms with Crippen molar-refractivity contribution in [2.45, 2.75) is 65.0 Å². The lowest BCUT2D eigenvalue weighted by Gasteiger charge is -2.30. The van der Waals surface area contributed by atoms with Crippen LogP contribution in [0.2, 0.25) is 0 Å². The number of nitrogens with two attached hydrogens (primary N) is 1. The Morgan fingerprint density at radius 1 is 1.07 bits per heavy atom. The number of carbonyl (C=O) groups is 3. The number of ketones is 1. The van der Waals surface area contributed by atoms with Gasteiger partial charge in [-0.25, -0.2) is 9.79 Å². The third-order valence-corrected chi connectivity index (χ3v) is 7.10. The van der Waals surface area contributed by atoms with Gasteiger partial charge in [0.1, 0.15) is 11.8 Å². The number of fused-ring (bicyclic) bond motifs is 1. The number of aliphatic hydroxyl groups is 1. The molecule has 226 valence electrons. The molecule has 0 spiro atoms. The maximum absolute atomic E-state index is 13.2. The van der Waals surface area contributed by atoms with Crippen LogP contribution in [0.4, 0.5) is 4.79 Å². The van der Waals surface area contributed by atoms with Crippen LogP contribution >= 0.6 is 0 Å². The molecule has 2 bridgehead atoms. The summed E-state index contributed by atoms with van der Waals surface area (Å²) in [6.45, 7) is 7.07. The van der Waals surface area contributed by atoms with Gasteiger partial charge in [0.25, 0.3) is 5.91 Å². The predicted octanol–water partition coefficient (Wildman–Crippen LogP) is 3.34. The highest BCUT2D eigenvalue weighted by molar-refractivity contribution is 6.25. The van der Waals surface area contributed by atoms with Crippen molar-refractivity contribution in [2.75, 3.05) is 28.4 Å². The molecule has 0 aromatic heterocycles. The Morgan fingerprint density at radius 3 is 2.32 bits per heavy atom.